The number of para-hydroxylation sites is 1. The Morgan fingerprint density at radius 1 is 1.26 bits per heavy atom. The monoisotopic (exact) mass is 261 g/mol. The maximum atomic E-state index is 13.4. The van der Waals surface area contributed by atoms with Gasteiger partial charge >= 0.3 is 0 Å². The van der Waals surface area contributed by atoms with Crippen molar-refractivity contribution in [2.45, 2.75) is 19.9 Å². The van der Waals surface area contributed by atoms with Crippen molar-refractivity contribution < 1.29 is 9.13 Å². The van der Waals surface area contributed by atoms with Crippen molar-refractivity contribution in [3.05, 3.63) is 48.2 Å². The van der Waals surface area contributed by atoms with Gasteiger partial charge in [0.15, 0.2) is 11.6 Å². The Balaban J connectivity index is 2.05. The topological polar surface area (TPSA) is 47.0 Å². The second-order valence-corrected chi connectivity index (χ2v) is 4.06. The highest BCUT2D eigenvalue weighted by Gasteiger charge is 2.05. The van der Waals surface area contributed by atoms with Gasteiger partial charge in [-0.25, -0.2) is 9.37 Å². The average molecular weight is 261 g/mol. The molecule has 4 nitrogen and oxygen atoms in total. The normalized spacial score (nSPS) is 10.4. The highest BCUT2D eigenvalue weighted by Crippen LogP contribution is 2.21. The number of benzene rings is 1. The Morgan fingerprint density at radius 3 is 2.89 bits per heavy atom. The molecule has 0 aliphatic heterocycles. The summed E-state index contributed by atoms with van der Waals surface area (Å²) in [5.41, 5.74) is 0.766. The Kier molecular flexibility index (Phi) is 4.80. The molecule has 1 N–H and O–H groups in total. The number of hydrogen-bond donors (Lipinski definition) is 1. The number of ether oxygens (including phenoxy) is 1. The second kappa shape index (κ2) is 6.80. The minimum atomic E-state index is -0.418. The Hall–Kier alpha value is -2.01. The molecule has 0 aliphatic carbocycles. The van der Waals surface area contributed by atoms with Crippen LogP contribution in [0.15, 0.2) is 36.7 Å². The molecule has 0 saturated heterocycles. The van der Waals surface area contributed by atoms with E-state index in [4.69, 9.17) is 4.74 Å². The van der Waals surface area contributed by atoms with Gasteiger partial charge in [-0.05, 0) is 25.1 Å². The number of nitrogens with zero attached hydrogens (tertiary/aromatic N) is 2. The first-order valence-corrected chi connectivity index (χ1v) is 6.23. The molecule has 0 saturated carbocycles. The lowest BCUT2D eigenvalue weighted by atomic mass is 10.3. The van der Waals surface area contributed by atoms with Crippen molar-refractivity contribution in [3.8, 4) is 11.6 Å². The van der Waals surface area contributed by atoms with E-state index < -0.39 is 5.82 Å². The molecule has 1 aromatic heterocycles. The van der Waals surface area contributed by atoms with Crippen LogP contribution >= 0.6 is 0 Å². The first-order chi connectivity index (χ1) is 9.29. The van der Waals surface area contributed by atoms with Gasteiger partial charge in [0.2, 0.25) is 5.88 Å². The molecule has 0 fully saturated rings. The zero-order chi connectivity index (χ0) is 13.5. The van der Waals surface area contributed by atoms with Gasteiger partial charge < -0.3 is 10.1 Å². The Bertz CT molecular complexity index is 534. The van der Waals surface area contributed by atoms with Crippen molar-refractivity contribution in [2.75, 3.05) is 6.54 Å². The van der Waals surface area contributed by atoms with Gasteiger partial charge in [0.05, 0.1) is 11.9 Å². The van der Waals surface area contributed by atoms with Gasteiger partial charge in [0.25, 0.3) is 0 Å². The predicted octanol–water partition coefficient (Wildman–Crippen LogP) is 2.91. The zero-order valence-corrected chi connectivity index (χ0v) is 10.8. The molecule has 0 bridgehead atoms. The summed E-state index contributed by atoms with van der Waals surface area (Å²) in [7, 11) is 0. The molecule has 1 heterocycles. The lowest BCUT2D eigenvalue weighted by Gasteiger charge is -2.07. The van der Waals surface area contributed by atoms with E-state index in [0.717, 1.165) is 18.7 Å². The fourth-order valence-corrected chi connectivity index (χ4v) is 1.55. The molecule has 0 atom stereocenters. The van der Waals surface area contributed by atoms with E-state index in [-0.39, 0.29) is 5.75 Å². The molecule has 19 heavy (non-hydrogen) atoms. The summed E-state index contributed by atoms with van der Waals surface area (Å²) in [6, 6.07) is 6.21. The molecule has 2 aromatic rings. The number of halogens is 1. The molecule has 1 aromatic carbocycles. The van der Waals surface area contributed by atoms with Crippen molar-refractivity contribution in [3.63, 3.8) is 0 Å². The third-order valence-electron chi connectivity index (χ3n) is 2.45. The van der Waals surface area contributed by atoms with Crippen LogP contribution in [-0.2, 0) is 6.54 Å². The van der Waals surface area contributed by atoms with Crippen LogP contribution in [0, 0.1) is 5.82 Å². The zero-order valence-electron chi connectivity index (χ0n) is 10.8. The minimum absolute atomic E-state index is 0.149. The van der Waals surface area contributed by atoms with Gasteiger partial charge in [0.1, 0.15) is 0 Å². The molecule has 100 valence electrons. The molecule has 0 spiro atoms. The third kappa shape index (κ3) is 3.99. The lowest BCUT2D eigenvalue weighted by molar-refractivity contribution is 0.423. The van der Waals surface area contributed by atoms with E-state index >= 15 is 0 Å². The van der Waals surface area contributed by atoms with Crippen LogP contribution in [0.4, 0.5) is 4.39 Å². The quantitative estimate of drug-likeness (QED) is 0.812. The first-order valence-electron chi connectivity index (χ1n) is 6.23. The van der Waals surface area contributed by atoms with Crippen LogP contribution in [-0.4, -0.2) is 16.5 Å². The Morgan fingerprint density at radius 2 is 2.11 bits per heavy atom. The molecule has 2 rings (SSSR count). The second-order valence-electron chi connectivity index (χ2n) is 4.06. The average Bonchev–Trinajstić information content (AvgIpc) is 2.42. The molecule has 0 aliphatic rings. The van der Waals surface area contributed by atoms with Gasteiger partial charge in [0, 0.05) is 12.7 Å². The van der Waals surface area contributed by atoms with Gasteiger partial charge in [-0.15, -0.1) is 0 Å². The summed E-state index contributed by atoms with van der Waals surface area (Å²) in [5, 5.41) is 3.22. The van der Waals surface area contributed by atoms with E-state index in [1.807, 2.05) is 0 Å². The van der Waals surface area contributed by atoms with Gasteiger partial charge in [-0.2, -0.15) is 0 Å². The van der Waals surface area contributed by atoms with Crippen LogP contribution < -0.4 is 10.1 Å². The van der Waals surface area contributed by atoms with Crippen molar-refractivity contribution >= 4 is 0 Å². The summed E-state index contributed by atoms with van der Waals surface area (Å²) in [4.78, 5) is 8.31. The fraction of sp³-hybridized carbons (Fsp3) is 0.286. The van der Waals surface area contributed by atoms with Crippen molar-refractivity contribution in [1.29, 1.82) is 0 Å². The molecule has 0 unspecified atom stereocenters. The number of hydrogen-bond acceptors (Lipinski definition) is 4. The highest BCUT2D eigenvalue weighted by molar-refractivity contribution is 5.27. The van der Waals surface area contributed by atoms with Crippen LogP contribution in [0.3, 0.4) is 0 Å². The largest absolute Gasteiger partial charge is 0.434 e. The predicted molar refractivity (Wildman–Crippen MR) is 70.5 cm³/mol. The Labute approximate surface area is 111 Å². The summed E-state index contributed by atoms with van der Waals surface area (Å²) in [5.74, 6) is 0.0233. The maximum absolute atomic E-state index is 13.4. The van der Waals surface area contributed by atoms with Crippen LogP contribution in [0.2, 0.25) is 0 Å². The van der Waals surface area contributed by atoms with Crippen molar-refractivity contribution in [2.24, 2.45) is 0 Å². The number of aromatic nitrogens is 2. The number of rotatable bonds is 6. The summed E-state index contributed by atoms with van der Waals surface area (Å²) >= 11 is 0. The minimum Gasteiger partial charge on any atom is -0.434 e. The van der Waals surface area contributed by atoms with Crippen molar-refractivity contribution in [1.82, 2.24) is 15.3 Å². The molecular formula is C14H16FN3O. The smallest absolute Gasteiger partial charge is 0.238 e. The third-order valence-corrected chi connectivity index (χ3v) is 2.45. The maximum Gasteiger partial charge on any atom is 0.238 e. The SMILES string of the molecule is CCCNCc1cncc(Oc2ccccc2F)n1. The van der Waals surface area contributed by atoms with Crippen LogP contribution in [0.25, 0.3) is 0 Å². The fourth-order valence-electron chi connectivity index (χ4n) is 1.55. The summed E-state index contributed by atoms with van der Waals surface area (Å²) in [6.45, 7) is 3.63. The van der Waals surface area contributed by atoms with E-state index in [1.54, 1.807) is 24.4 Å². The van der Waals surface area contributed by atoms with Gasteiger partial charge in [-0.3, -0.25) is 4.98 Å². The van der Waals surface area contributed by atoms with E-state index in [9.17, 15) is 4.39 Å². The van der Waals surface area contributed by atoms with Crippen LogP contribution in [0.5, 0.6) is 11.6 Å². The standard InChI is InChI=1S/C14H16FN3O/c1-2-7-16-8-11-9-17-10-14(18-11)19-13-6-4-3-5-12(13)15/h3-6,9-10,16H,2,7-8H2,1H3. The number of nitrogens with one attached hydrogen (secondary N) is 1. The summed E-state index contributed by atoms with van der Waals surface area (Å²) < 4.78 is 18.8. The van der Waals surface area contributed by atoms with E-state index in [2.05, 4.69) is 22.2 Å². The van der Waals surface area contributed by atoms with Crippen LogP contribution in [0.1, 0.15) is 19.0 Å². The van der Waals surface area contributed by atoms with Gasteiger partial charge in [-0.1, -0.05) is 19.1 Å². The first kappa shape index (κ1) is 13.4. The lowest BCUT2D eigenvalue weighted by Crippen LogP contribution is -2.15. The molecular weight excluding hydrogens is 245 g/mol. The summed E-state index contributed by atoms with van der Waals surface area (Å²) in [6.07, 6.45) is 4.19. The van der Waals surface area contributed by atoms with E-state index in [0.29, 0.717) is 12.4 Å². The molecule has 0 amide bonds. The van der Waals surface area contributed by atoms with E-state index in [1.165, 1.54) is 12.3 Å². The highest BCUT2D eigenvalue weighted by atomic mass is 19.1. The molecule has 0 radical (unpaired) electrons. The molecule has 5 heteroatoms.